The van der Waals surface area contributed by atoms with Crippen LogP contribution in [0.1, 0.15) is 53.6 Å². The maximum Gasteiger partial charge on any atom is 0.418 e. The fourth-order valence-corrected chi connectivity index (χ4v) is 5.83. The molecule has 2 atom stereocenters. The molecular weight excluding hydrogens is 563 g/mol. The summed E-state index contributed by atoms with van der Waals surface area (Å²) < 4.78 is 49.3. The predicted octanol–water partition coefficient (Wildman–Crippen LogP) is 7.04. The summed E-state index contributed by atoms with van der Waals surface area (Å²) >= 11 is 5.84. The van der Waals surface area contributed by atoms with Crippen LogP contribution in [0.3, 0.4) is 0 Å². The van der Waals surface area contributed by atoms with Gasteiger partial charge in [-0.15, -0.1) is 0 Å². The van der Waals surface area contributed by atoms with Gasteiger partial charge in [0.25, 0.3) is 0 Å². The monoisotopic (exact) mass is 593 g/mol. The van der Waals surface area contributed by atoms with Crippen molar-refractivity contribution in [3.05, 3.63) is 101 Å². The topological polar surface area (TPSA) is 71.4 Å². The van der Waals surface area contributed by atoms with Gasteiger partial charge in [-0.05, 0) is 74.1 Å². The van der Waals surface area contributed by atoms with E-state index in [0.717, 1.165) is 17.3 Å². The number of pyridine rings is 1. The summed E-state index contributed by atoms with van der Waals surface area (Å²) in [7, 11) is 1.52. The fraction of sp³-hybridized carbons (Fsp3) is 0.258. The molecule has 0 spiro atoms. The van der Waals surface area contributed by atoms with Crippen molar-refractivity contribution in [2.24, 2.45) is 0 Å². The first-order valence-corrected chi connectivity index (χ1v) is 13.8. The average Bonchev–Trinajstić information content (AvgIpc) is 3.47. The molecule has 1 fully saturated rings. The largest absolute Gasteiger partial charge is 0.494 e. The van der Waals surface area contributed by atoms with Gasteiger partial charge >= 0.3 is 6.18 Å². The number of alkyl halides is 3. The molecule has 3 heterocycles. The van der Waals surface area contributed by atoms with E-state index in [-0.39, 0.29) is 11.6 Å². The van der Waals surface area contributed by atoms with E-state index in [1.54, 1.807) is 42.8 Å². The number of halogens is 3. The quantitative estimate of drug-likeness (QED) is 0.224. The van der Waals surface area contributed by atoms with E-state index < -0.39 is 23.8 Å². The van der Waals surface area contributed by atoms with Gasteiger partial charge in [0.15, 0.2) is 5.11 Å². The number of aromatic nitrogens is 2. The van der Waals surface area contributed by atoms with Gasteiger partial charge in [0.05, 0.1) is 41.8 Å². The average molecular weight is 594 g/mol. The van der Waals surface area contributed by atoms with Crippen LogP contribution in [0.4, 0.5) is 24.5 Å². The number of anilines is 2. The van der Waals surface area contributed by atoms with Gasteiger partial charge < -0.3 is 24.8 Å². The molecule has 0 unspecified atom stereocenters. The van der Waals surface area contributed by atoms with Gasteiger partial charge in [-0.25, -0.2) is 0 Å². The number of nitrogens with zero attached hydrogens (tertiary/aromatic N) is 3. The standard InChI is InChI=1S/C31H30F3N5O2S/c1-5-27(40)36-23-14-13-20(17-26(23)41-4)39-29(28(37-30(39)42)24-11-8-9-15-35-24)21-16-18(2)38(19(21)3)25-12-7-6-10-22(25)31(32,33)34/h6-17,28-29H,5H2,1-4H3,(H,36,40)(H,37,42)/t28-,29-/m1/s1. The third-order valence-electron chi connectivity index (χ3n) is 7.40. The number of amides is 1. The van der Waals surface area contributed by atoms with Gasteiger partial charge in [-0.3, -0.25) is 9.78 Å². The zero-order valence-corrected chi connectivity index (χ0v) is 24.3. The third kappa shape index (κ3) is 5.32. The van der Waals surface area contributed by atoms with Crippen LogP contribution in [0.2, 0.25) is 0 Å². The first-order valence-electron chi connectivity index (χ1n) is 13.4. The summed E-state index contributed by atoms with van der Waals surface area (Å²) in [4.78, 5) is 18.6. The lowest BCUT2D eigenvalue weighted by Gasteiger charge is -2.29. The molecular formula is C31H30F3N5O2S. The van der Waals surface area contributed by atoms with Crippen LogP contribution < -0.4 is 20.3 Å². The number of hydrogen-bond acceptors (Lipinski definition) is 4. The summed E-state index contributed by atoms with van der Waals surface area (Å²) in [5, 5.41) is 6.64. The second-order valence-electron chi connectivity index (χ2n) is 9.96. The lowest BCUT2D eigenvalue weighted by Crippen LogP contribution is -2.29. The number of ether oxygens (including phenoxy) is 1. The van der Waals surface area contributed by atoms with E-state index >= 15 is 0 Å². The summed E-state index contributed by atoms with van der Waals surface area (Å²) in [6.45, 7) is 5.36. The molecule has 2 aromatic heterocycles. The number of aryl methyl sites for hydroxylation is 1. The molecule has 1 saturated heterocycles. The van der Waals surface area contributed by atoms with E-state index in [1.807, 2.05) is 42.2 Å². The molecule has 1 aliphatic rings. The van der Waals surface area contributed by atoms with Crippen LogP contribution in [0, 0.1) is 13.8 Å². The molecule has 4 aromatic rings. The molecule has 218 valence electrons. The minimum absolute atomic E-state index is 0.0541. The maximum absolute atomic E-state index is 14.0. The zero-order chi connectivity index (χ0) is 30.2. The summed E-state index contributed by atoms with van der Waals surface area (Å²) in [5.74, 6) is 0.292. The van der Waals surface area contributed by atoms with E-state index in [1.165, 1.54) is 19.2 Å². The Morgan fingerprint density at radius 3 is 2.50 bits per heavy atom. The minimum atomic E-state index is -4.52. The second-order valence-corrected chi connectivity index (χ2v) is 10.3. The lowest BCUT2D eigenvalue weighted by atomic mass is 9.96. The first kappa shape index (κ1) is 29.1. The molecule has 42 heavy (non-hydrogen) atoms. The molecule has 0 radical (unpaired) electrons. The molecule has 0 saturated carbocycles. The Kier molecular flexibility index (Phi) is 7.96. The van der Waals surface area contributed by atoms with Gasteiger partial charge in [-0.1, -0.05) is 25.1 Å². The van der Waals surface area contributed by atoms with E-state index in [2.05, 4.69) is 15.6 Å². The van der Waals surface area contributed by atoms with Crippen LogP contribution in [-0.2, 0) is 11.0 Å². The number of nitrogens with one attached hydrogen (secondary N) is 2. The maximum atomic E-state index is 14.0. The van der Waals surface area contributed by atoms with Crippen molar-refractivity contribution in [3.8, 4) is 11.4 Å². The van der Waals surface area contributed by atoms with Gasteiger partial charge in [-0.2, -0.15) is 13.2 Å². The second kappa shape index (κ2) is 11.5. The summed E-state index contributed by atoms with van der Waals surface area (Å²) in [5.41, 5.74) is 3.34. The SMILES string of the molecule is CCC(=O)Nc1ccc(N2C(=S)N[C@H](c3ccccn3)[C@H]2c2cc(C)n(-c3ccccc3C(F)(F)F)c2C)cc1OC. The highest BCUT2D eigenvalue weighted by molar-refractivity contribution is 7.80. The van der Waals surface area contributed by atoms with Crippen LogP contribution in [0.25, 0.3) is 5.69 Å². The molecule has 7 nitrogen and oxygen atoms in total. The number of hydrogen-bond donors (Lipinski definition) is 2. The van der Waals surface area contributed by atoms with Gasteiger partial charge in [0.2, 0.25) is 5.91 Å². The highest BCUT2D eigenvalue weighted by Crippen LogP contribution is 2.46. The van der Waals surface area contributed by atoms with Crippen LogP contribution in [0.5, 0.6) is 5.75 Å². The first-order chi connectivity index (χ1) is 20.0. The predicted molar refractivity (Wildman–Crippen MR) is 160 cm³/mol. The van der Waals surface area contributed by atoms with Crippen molar-refractivity contribution in [1.82, 2.24) is 14.9 Å². The number of benzene rings is 2. The molecule has 0 aliphatic carbocycles. The van der Waals surface area contributed by atoms with E-state index in [9.17, 15) is 18.0 Å². The Morgan fingerprint density at radius 2 is 1.83 bits per heavy atom. The molecule has 1 aliphatic heterocycles. The van der Waals surface area contributed by atoms with Crippen molar-refractivity contribution in [2.75, 3.05) is 17.3 Å². The Hall–Kier alpha value is -4.38. The zero-order valence-electron chi connectivity index (χ0n) is 23.5. The third-order valence-corrected chi connectivity index (χ3v) is 7.71. The minimum Gasteiger partial charge on any atom is -0.494 e. The number of para-hydroxylation sites is 1. The normalized spacial score (nSPS) is 16.8. The number of carbonyl (C=O) groups excluding carboxylic acids is 1. The molecule has 5 rings (SSSR count). The van der Waals surface area contributed by atoms with Crippen molar-refractivity contribution < 1.29 is 22.7 Å². The highest BCUT2D eigenvalue weighted by atomic mass is 32.1. The van der Waals surface area contributed by atoms with Crippen molar-refractivity contribution in [2.45, 2.75) is 45.5 Å². The van der Waals surface area contributed by atoms with Crippen LogP contribution in [-0.4, -0.2) is 27.7 Å². The molecule has 11 heteroatoms. The number of carbonyl (C=O) groups is 1. The van der Waals surface area contributed by atoms with Gasteiger partial charge in [0.1, 0.15) is 5.75 Å². The molecule has 0 bridgehead atoms. The summed E-state index contributed by atoms with van der Waals surface area (Å²) in [6, 6.07) is 17.5. The van der Waals surface area contributed by atoms with Crippen molar-refractivity contribution >= 4 is 34.6 Å². The number of thiocarbonyl (C=S) groups is 1. The Balaban J connectivity index is 1.68. The molecule has 1 amide bonds. The smallest absolute Gasteiger partial charge is 0.418 e. The number of methoxy groups -OCH3 is 1. The van der Waals surface area contributed by atoms with Crippen LogP contribution >= 0.6 is 12.2 Å². The van der Waals surface area contributed by atoms with E-state index in [4.69, 9.17) is 17.0 Å². The van der Waals surface area contributed by atoms with Crippen molar-refractivity contribution in [1.29, 1.82) is 0 Å². The van der Waals surface area contributed by atoms with Gasteiger partial charge in [0, 0.05) is 35.8 Å². The summed E-state index contributed by atoms with van der Waals surface area (Å²) in [6.07, 6.45) is -2.52. The number of rotatable bonds is 7. The Morgan fingerprint density at radius 1 is 1.10 bits per heavy atom. The van der Waals surface area contributed by atoms with Crippen LogP contribution in [0.15, 0.2) is 72.9 Å². The Bertz CT molecular complexity index is 1640. The lowest BCUT2D eigenvalue weighted by molar-refractivity contribution is -0.137. The van der Waals surface area contributed by atoms with Crippen molar-refractivity contribution in [3.63, 3.8) is 0 Å². The molecule has 2 N–H and O–H groups in total. The Labute approximate surface area is 247 Å². The molecule has 2 aromatic carbocycles. The van der Waals surface area contributed by atoms with E-state index in [0.29, 0.717) is 40.0 Å². The highest BCUT2D eigenvalue weighted by Gasteiger charge is 2.43. The fourth-order valence-electron chi connectivity index (χ4n) is 5.49.